The molecule has 0 saturated heterocycles. The van der Waals surface area contributed by atoms with Gasteiger partial charge in [0.1, 0.15) is 0 Å². The van der Waals surface area contributed by atoms with Crippen LogP contribution in [-0.4, -0.2) is 13.2 Å². The molecule has 0 amide bonds. The molecule has 80 valence electrons. The van der Waals surface area contributed by atoms with Crippen LogP contribution in [0, 0.1) is 11.3 Å². The fourth-order valence-corrected chi connectivity index (χ4v) is 1.30. The first-order valence-electron chi connectivity index (χ1n) is 5.07. The summed E-state index contributed by atoms with van der Waals surface area (Å²) in [5, 5.41) is 8.59. The summed E-state index contributed by atoms with van der Waals surface area (Å²) in [6, 6.07) is 7.70. The summed E-state index contributed by atoms with van der Waals surface area (Å²) in [7, 11) is 0. The SMILES string of the molecule is CCOc1ccc(CC#N)cc1OCC. The molecular weight excluding hydrogens is 190 g/mol. The summed E-state index contributed by atoms with van der Waals surface area (Å²) in [5.74, 6) is 1.45. The maximum atomic E-state index is 8.59. The fraction of sp³-hybridized carbons (Fsp3) is 0.417. The third-order valence-corrected chi connectivity index (χ3v) is 1.89. The zero-order valence-electron chi connectivity index (χ0n) is 9.12. The van der Waals surface area contributed by atoms with Crippen LogP contribution < -0.4 is 9.47 Å². The zero-order valence-corrected chi connectivity index (χ0v) is 9.12. The summed E-state index contributed by atoms with van der Waals surface area (Å²) in [6.07, 6.45) is 0.395. The summed E-state index contributed by atoms with van der Waals surface area (Å²) in [5.41, 5.74) is 0.949. The Morgan fingerprint density at radius 2 is 1.80 bits per heavy atom. The van der Waals surface area contributed by atoms with E-state index in [4.69, 9.17) is 14.7 Å². The van der Waals surface area contributed by atoms with Gasteiger partial charge in [-0.1, -0.05) is 6.07 Å². The van der Waals surface area contributed by atoms with Crippen molar-refractivity contribution in [2.75, 3.05) is 13.2 Å². The Bertz CT molecular complexity index is 355. The van der Waals surface area contributed by atoms with E-state index in [1.807, 2.05) is 32.0 Å². The van der Waals surface area contributed by atoms with Crippen LogP contribution in [0.3, 0.4) is 0 Å². The lowest BCUT2D eigenvalue weighted by atomic mass is 10.1. The summed E-state index contributed by atoms with van der Waals surface area (Å²) < 4.78 is 10.9. The minimum Gasteiger partial charge on any atom is -0.490 e. The lowest BCUT2D eigenvalue weighted by Crippen LogP contribution is -1.99. The minimum atomic E-state index is 0.395. The van der Waals surface area contributed by atoms with Crippen LogP contribution in [0.2, 0.25) is 0 Å². The van der Waals surface area contributed by atoms with E-state index in [0.717, 1.165) is 11.3 Å². The van der Waals surface area contributed by atoms with E-state index < -0.39 is 0 Å². The Balaban J connectivity index is 2.93. The third-order valence-electron chi connectivity index (χ3n) is 1.89. The molecule has 0 atom stereocenters. The molecule has 1 aromatic rings. The molecule has 0 aliphatic carbocycles. The minimum absolute atomic E-state index is 0.395. The van der Waals surface area contributed by atoms with Gasteiger partial charge in [0.25, 0.3) is 0 Å². The molecule has 0 unspecified atom stereocenters. The molecule has 3 nitrogen and oxygen atoms in total. The van der Waals surface area contributed by atoms with Crippen LogP contribution in [0.5, 0.6) is 11.5 Å². The predicted molar refractivity (Wildman–Crippen MR) is 58.1 cm³/mol. The van der Waals surface area contributed by atoms with Gasteiger partial charge in [-0.25, -0.2) is 0 Å². The molecule has 0 fully saturated rings. The van der Waals surface area contributed by atoms with Crippen molar-refractivity contribution < 1.29 is 9.47 Å². The Morgan fingerprint density at radius 3 is 2.40 bits per heavy atom. The Hall–Kier alpha value is -1.69. The molecule has 0 aliphatic heterocycles. The van der Waals surface area contributed by atoms with Gasteiger partial charge < -0.3 is 9.47 Å². The smallest absolute Gasteiger partial charge is 0.161 e. The van der Waals surface area contributed by atoms with Crippen LogP contribution in [-0.2, 0) is 6.42 Å². The highest BCUT2D eigenvalue weighted by atomic mass is 16.5. The maximum absolute atomic E-state index is 8.59. The van der Waals surface area contributed by atoms with Crippen molar-refractivity contribution in [2.24, 2.45) is 0 Å². The van der Waals surface area contributed by atoms with E-state index >= 15 is 0 Å². The first-order valence-corrected chi connectivity index (χ1v) is 5.07. The van der Waals surface area contributed by atoms with Gasteiger partial charge in [0.15, 0.2) is 11.5 Å². The van der Waals surface area contributed by atoms with Gasteiger partial charge in [-0.3, -0.25) is 0 Å². The summed E-state index contributed by atoms with van der Waals surface area (Å²) in [4.78, 5) is 0. The van der Waals surface area contributed by atoms with Gasteiger partial charge in [-0.05, 0) is 31.5 Å². The highest BCUT2D eigenvalue weighted by Crippen LogP contribution is 2.28. The molecule has 1 rings (SSSR count). The number of nitriles is 1. The summed E-state index contributed by atoms with van der Waals surface area (Å²) >= 11 is 0. The number of ether oxygens (including phenoxy) is 2. The fourth-order valence-electron chi connectivity index (χ4n) is 1.30. The average molecular weight is 205 g/mol. The van der Waals surface area contributed by atoms with Crippen LogP contribution in [0.1, 0.15) is 19.4 Å². The van der Waals surface area contributed by atoms with Crippen LogP contribution in [0.15, 0.2) is 18.2 Å². The molecule has 0 bridgehead atoms. The van der Waals surface area contributed by atoms with E-state index in [9.17, 15) is 0 Å². The molecule has 0 spiro atoms. The zero-order chi connectivity index (χ0) is 11.1. The number of nitrogens with zero attached hydrogens (tertiary/aromatic N) is 1. The second-order valence-corrected chi connectivity index (χ2v) is 2.98. The van der Waals surface area contributed by atoms with Crippen LogP contribution in [0.4, 0.5) is 0 Å². The molecule has 0 aromatic heterocycles. The van der Waals surface area contributed by atoms with Gasteiger partial charge in [-0.2, -0.15) is 5.26 Å². The van der Waals surface area contributed by atoms with E-state index in [-0.39, 0.29) is 0 Å². The van der Waals surface area contributed by atoms with E-state index in [1.54, 1.807) is 0 Å². The third kappa shape index (κ3) is 3.17. The quantitative estimate of drug-likeness (QED) is 0.741. The molecule has 0 aliphatic rings. The number of hydrogen-bond donors (Lipinski definition) is 0. The second-order valence-electron chi connectivity index (χ2n) is 2.98. The molecule has 0 N–H and O–H groups in total. The van der Waals surface area contributed by atoms with Crippen molar-refractivity contribution in [1.82, 2.24) is 0 Å². The van der Waals surface area contributed by atoms with Crippen LogP contribution >= 0.6 is 0 Å². The van der Waals surface area contributed by atoms with Gasteiger partial charge in [0.05, 0.1) is 25.7 Å². The van der Waals surface area contributed by atoms with E-state index in [0.29, 0.717) is 25.4 Å². The number of benzene rings is 1. The highest BCUT2D eigenvalue weighted by Gasteiger charge is 2.05. The monoisotopic (exact) mass is 205 g/mol. The molecule has 1 aromatic carbocycles. The van der Waals surface area contributed by atoms with E-state index in [2.05, 4.69) is 6.07 Å². The normalized spacial score (nSPS) is 9.40. The number of hydrogen-bond acceptors (Lipinski definition) is 3. The highest BCUT2D eigenvalue weighted by molar-refractivity contribution is 5.43. The molecular formula is C12H15NO2. The lowest BCUT2D eigenvalue weighted by molar-refractivity contribution is 0.287. The van der Waals surface area contributed by atoms with Gasteiger partial charge >= 0.3 is 0 Å². The van der Waals surface area contributed by atoms with Crippen LogP contribution in [0.25, 0.3) is 0 Å². The first-order chi connectivity index (χ1) is 7.31. The van der Waals surface area contributed by atoms with Crippen molar-refractivity contribution in [3.63, 3.8) is 0 Å². The standard InChI is InChI=1S/C12H15NO2/c1-3-14-11-6-5-10(7-8-13)9-12(11)15-4-2/h5-6,9H,3-4,7H2,1-2H3. The molecule has 0 radical (unpaired) electrons. The molecule has 0 saturated carbocycles. The molecule has 0 heterocycles. The molecule has 3 heteroatoms. The van der Waals surface area contributed by atoms with Gasteiger partial charge in [-0.15, -0.1) is 0 Å². The largest absolute Gasteiger partial charge is 0.490 e. The predicted octanol–water partition coefficient (Wildman–Crippen LogP) is 2.55. The first kappa shape index (κ1) is 11.4. The van der Waals surface area contributed by atoms with Crippen molar-refractivity contribution >= 4 is 0 Å². The second kappa shape index (κ2) is 5.92. The summed E-state index contributed by atoms with van der Waals surface area (Å²) in [6.45, 7) is 5.05. The van der Waals surface area contributed by atoms with Gasteiger partial charge in [0.2, 0.25) is 0 Å². The van der Waals surface area contributed by atoms with E-state index in [1.165, 1.54) is 0 Å². The van der Waals surface area contributed by atoms with Crippen molar-refractivity contribution in [1.29, 1.82) is 5.26 Å². The number of rotatable bonds is 5. The topological polar surface area (TPSA) is 42.2 Å². The van der Waals surface area contributed by atoms with Crippen molar-refractivity contribution in [3.8, 4) is 17.6 Å². The average Bonchev–Trinajstić information content (AvgIpc) is 2.23. The molecule has 15 heavy (non-hydrogen) atoms. The van der Waals surface area contributed by atoms with Crippen molar-refractivity contribution in [3.05, 3.63) is 23.8 Å². The Labute approximate surface area is 90.2 Å². The lowest BCUT2D eigenvalue weighted by Gasteiger charge is -2.11. The Morgan fingerprint density at radius 1 is 1.13 bits per heavy atom. The Kier molecular flexibility index (Phi) is 4.49. The maximum Gasteiger partial charge on any atom is 0.161 e. The van der Waals surface area contributed by atoms with Crippen molar-refractivity contribution in [2.45, 2.75) is 20.3 Å². The van der Waals surface area contributed by atoms with Gasteiger partial charge in [0, 0.05) is 0 Å².